The third-order valence-corrected chi connectivity index (χ3v) is 2.79. The summed E-state index contributed by atoms with van der Waals surface area (Å²) in [6.07, 6.45) is 0. The average Bonchev–Trinajstić information content (AvgIpc) is 2.34. The second kappa shape index (κ2) is 4.89. The molecule has 0 unspecified atom stereocenters. The van der Waals surface area contributed by atoms with E-state index >= 15 is 0 Å². The third kappa shape index (κ3) is 2.77. The van der Waals surface area contributed by atoms with Crippen molar-refractivity contribution in [2.75, 3.05) is 5.73 Å². The molecule has 0 spiro atoms. The van der Waals surface area contributed by atoms with Gasteiger partial charge in [-0.25, -0.2) is 0 Å². The minimum atomic E-state index is 0.585. The molecule has 0 heterocycles. The van der Waals surface area contributed by atoms with Crippen molar-refractivity contribution in [1.29, 1.82) is 5.26 Å². The lowest BCUT2D eigenvalue weighted by atomic mass is 10.2. The molecule has 4 heteroatoms. The van der Waals surface area contributed by atoms with E-state index in [1.54, 1.807) is 42.5 Å². The molecule has 2 N–H and O–H groups in total. The summed E-state index contributed by atoms with van der Waals surface area (Å²) in [4.78, 5) is 0. The standard InChI is InChI=1S/C13H9BrN2O/c14-12-7-9(8-15)1-6-13(12)17-11-4-2-10(16)3-5-11/h1-7H,16H2. The smallest absolute Gasteiger partial charge is 0.141 e. The number of halogens is 1. The second-order valence-corrected chi connectivity index (χ2v) is 4.28. The lowest BCUT2D eigenvalue weighted by Crippen LogP contribution is -1.88. The minimum Gasteiger partial charge on any atom is -0.456 e. The average molecular weight is 289 g/mol. The number of anilines is 1. The van der Waals surface area contributed by atoms with Crippen LogP contribution in [0.4, 0.5) is 5.69 Å². The molecule has 0 bridgehead atoms. The number of hydrogen-bond acceptors (Lipinski definition) is 3. The lowest BCUT2D eigenvalue weighted by molar-refractivity contribution is 0.479. The van der Waals surface area contributed by atoms with Crippen molar-refractivity contribution in [3.05, 3.63) is 52.5 Å². The normalized spacial score (nSPS) is 9.65. The van der Waals surface area contributed by atoms with Crippen LogP contribution in [0.1, 0.15) is 5.56 Å². The van der Waals surface area contributed by atoms with Crippen LogP contribution in [-0.4, -0.2) is 0 Å². The van der Waals surface area contributed by atoms with Crippen LogP contribution >= 0.6 is 15.9 Å². The summed E-state index contributed by atoms with van der Waals surface area (Å²) in [7, 11) is 0. The molecule has 0 atom stereocenters. The van der Waals surface area contributed by atoms with Crippen molar-refractivity contribution < 1.29 is 4.74 Å². The number of rotatable bonds is 2. The number of hydrogen-bond donors (Lipinski definition) is 1. The van der Waals surface area contributed by atoms with E-state index in [0.717, 1.165) is 4.47 Å². The second-order valence-electron chi connectivity index (χ2n) is 3.43. The molecule has 0 saturated heterocycles. The molecular weight excluding hydrogens is 280 g/mol. The molecule has 0 aliphatic heterocycles. The van der Waals surface area contributed by atoms with Gasteiger partial charge in [0, 0.05) is 5.69 Å². The molecule has 0 aliphatic rings. The highest BCUT2D eigenvalue weighted by Crippen LogP contribution is 2.30. The molecule has 0 aliphatic carbocycles. The number of nitrogen functional groups attached to an aromatic ring is 1. The summed E-state index contributed by atoms with van der Waals surface area (Å²) in [6.45, 7) is 0. The molecule has 84 valence electrons. The summed E-state index contributed by atoms with van der Waals surface area (Å²) in [5, 5.41) is 8.75. The van der Waals surface area contributed by atoms with Gasteiger partial charge in [0.15, 0.2) is 0 Å². The van der Waals surface area contributed by atoms with Gasteiger partial charge >= 0.3 is 0 Å². The van der Waals surface area contributed by atoms with Crippen LogP contribution in [0.3, 0.4) is 0 Å². The Labute approximate surface area is 108 Å². The van der Waals surface area contributed by atoms with Gasteiger partial charge in [-0.1, -0.05) is 0 Å². The fourth-order valence-electron chi connectivity index (χ4n) is 1.32. The summed E-state index contributed by atoms with van der Waals surface area (Å²) < 4.78 is 6.40. The number of nitrogens with zero attached hydrogens (tertiary/aromatic N) is 1. The molecule has 0 radical (unpaired) electrons. The van der Waals surface area contributed by atoms with Crippen molar-refractivity contribution in [3.8, 4) is 17.6 Å². The Hall–Kier alpha value is -1.99. The summed E-state index contributed by atoms with van der Waals surface area (Å²) in [5.74, 6) is 1.36. The predicted molar refractivity (Wildman–Crippen MR) is 69.8 cm³/mol. The van der Waals surface area contributed by atoms with E-state index in [2.05, 4.69) is 22.0 Å². The van der Waals surface area contributed by atoms with Gasteiger partial charge in [0.1, 0.15) is 11.5 Å². The topological polar surface area (TPSA) is 59.0 Å². The Balaban J connectivity index is 2.25. The van der Waals surface area contributed by atoms with E-state index in [4.69, 9.17) is 15.7 Å². The van der Waals surface area contributed by atoms with E-state index in [1.165, 1.54) is 0 Å². The van der Waals surface area contributed by atoms with Crippen LogP contribution in [0.5, 0.6) is 11.5 Å². The van der Waals surface area contributed by atoms with Crippen LogP contribution in [0.2, 0.25) is 0 Å². The van der Waals surface area contributed by atoms with E-state index < -0.39 is 0 Å². The molecule has 2 aromatic carbocycles. The Morgan fingerprint density at radius 1 is 1.12 bits per heavy atom. The fraction of sp³-hybridized carbons (Fsp3) is 0. The third-order valence-electron chi connectivity index (χ3n) is 2.17. The molecule has 2 aromatic rings. The first-order chi connectivity index (χ1) is 8.19. The highest BCUT2D eigenvalue weighted by Gasteiger charge is 2.03. The first-order valence-corrected chi connectivity index (χ1v) is 5.71. The number of benzene rings is 2. The molecule has 2 rings (SSSR count). The molecule has 0 fully saturated rings. The van der Waals surface area contributed by atoms with Crippen LogP contribution in [0.25, 0.3) is 0 Å². The Morgan fingerprint density at radius 3 is 2.41 bits per heavy atom. The van der Waals surface area contributed by atoms with Gasteiger partial charge in [-0.05, 0) is 58.4 Å². The number of ether oxygens (including phenoxy) is 1. The Bertz CT molecular complexity index is 573. The lowest BCUT2D eigenvalue weighted by Gasteiger charge is -2.07. The maximum Gasteiger partial charge on any atom is 0.141 e. The van der Waals surface area contributed by atoms with Crippen molar-refractivity contribution >= 4 is 21.6 Å². The largest absolute Gasteiger partial charge is 0.456 e. The van der Waals surface area contributed by atoms with Crippen LogP contribution < -0.4 is 10.5 Å². The van der Waals surface area contributed by atoms with Gasteiger partial charge in [-0.3, -0.25) is 0 Å². The van der Waals surface area contributed by atoms with Crippen LogP contribution in [0.15, 0.2) is 46.9 Å². The van der Waals surface area contributed by atoms with Gasteiger partial charge in [-0.2, -0.15) is 5.26 Å². The first kappa shape index (κ1) is 11.5. The molecule has 17 heavy (non-hydrogen) atoms. The van der Waals surface area contributed by atoms with Gasteiger partial charge in [0.05, 0.1) is 16.1 Å². The molecule has 0 saturated carbocycles. The van der Waals surface area contributed by atoms with E-state index in [9.17, 15) is 0 Å². The molecule has 0 aromatic heterocycles. The van der Waals surface area contributed by atoms with E-state index in [0.29, 0.717) is 22.7 Å². The summed E-state index contributed by atoms with van der Waals surface area (Å²) in [6, 6.07) is 14.4. The maximum absolute atomic E-state index is 8.75. The highest BCUT2D eigenvalue weighted by molar-refractivity contribution is 9.10. The monoisotopic (exact) mass is 288 g/mol. The Kier molecular flexibility index (Phi) is 3.31. The van der Waals surface area contributed by atoms with Crippen LogP contribution in [0, 0.1) is 11.3 Å². The van der Waals surface area contributed by atoms with E-state index in [1.807, 2.05) is 0 Å². The zero-order valence-electron chi connectivity index (χ0n) is 8.85. The quantitative estimate of drug-likeness (QED) is 0.858. The van der Waals surface area contributed by atoms with Crippen molar-refractivity contribution in [2.24, 2.45) is 0 Å². The predicted octanol–water partition coefficient (Wildman–Crippen LogP) is 3.70. The SMILES string of the molecule is N#Cc1ccc(Oc2ccc(N)cc2)c(Br)c1. The minimum absolute atomic E-state index is 0.585. The van der Waals surface area contributed by atoms with Crippen molar-refractivity contribution in [3.63, 3.8) is 0 Å². The van der Waals surface area contributed by atoms with Gasteiger partial charge in [0.2, 0.25) is 0 Å². The van der Waals surface area contributed by atoms with Gasteiger partial charge < -0.3 is 10.5 Å². The van der Waals surface area contributed by atoms with Crippen molar-refractivity contribution in [1.82, 2.24) is 0 Å². The van der Waals surface area contributed by atoms with Gasteiger partial charge in [-0.15, -0.1) is 0 Å². The Morgan fingerprint density at radius 2 is 1.82 bits per heavy atom. The van der Waals surface area contributed by atoms with Crippen LogP contribution in [-0.2, 0) is 0 Å². The van der Waals surface area contributed by atoms with E-state index in [-0.39, 0.29) is 0 Å². The summed E-state index contributed by atoms with van der Waals surface area (Å²) >= 11 is 3.36. The van der Waals surface area contributed by atoms with Gasteiger partial charge in [0.25, 0.3) is 0 Å². The molecular formula is C13H9BrN2O. The highest BCUT2D eigenvalue weighted by atomic mass is 79.9. The molecule has 3 nitrogen and oxygen atoms in total. The van der Waals surface area contributed by atoms with Crippen molar-refractivity contribution in [2.45, 2.75) is 0 Å². The zero-order chi connectivity index (χ0) is 12.3. The number of nitrogens with two attached hydrogens (primary N) is 1. The zero-order valence-corrected chi connectivity index (χ0v) is 10.4. The first-order valence-electron chi connectivity index (χ1n) is 4.92. The maximum atomic E-state index is 8.75. The fourth-order valence-corrected chi connectivity index (χ4v) is 1.78. The number of nitriles is 1. The molecule has 0 amide bonds. The summed E-state index contributed by atoms with van der Waals surface area (Å²) in [5.41, 5.74) is 6.86.